The van der Waals surface area contributed by atoms with Crippen LogP contribution in [0.3, 0.4) is 0 Å². The molecular formula is C17H17BrFNO. The van der Waals surface area contributed by atoms with Gasteiger partial charge in [0.2, 0.25) is 0 Å². The monoisotopic (exact) mass is 349 g/mol. The van der Waals surface area contributed by atoms with E-state index in [1.165, 1.54) is 6.07 Å². The van der Waals surface area contributed by atoms with E-state index in [1.807, 2.05) is 37.4 Å². The molecule has 1 aliphatic carbocycles. The molecule has 1 atom stereocenters. The van der Waals surface area contributed by atoms with Crippen molar-refractivity contribution in [3.8, 4) is 5.75 Å². The van der Waals surface area contributed by atoms with Crippen molar-refractivity contribution < 1.29 is 9.13 Å². The Labute approximate surface area is 132 Å². The molecule has 0 heterocycles. The van der Waals surface area contributed by atoms with Crippen molar-refractivity contribution in [2.45, 2.75) is 25.0 Å². The third-order valence-corrected chi connectivity index (χ3v) is 4.46. The summed E-state index contributed by atoms with van der Waals surface area (Å²) in [5, 5.41) is 3.24. The van der Waals surface area contributed by atoms with Crippen molar-refractivity contribution >= 4 is 15.9 Å². The van der Waals surface area contributed by atoms with Gasteiger partial charge in [-0.15, -0.1) is 0 Å². The van der Waals surface area contributed by atoms with Gasteiger partial charge in [-0.1, -0.05) is 24.3 Å². The Morgan fingerprint density at radius 2 is 1.90 bits per heavy atom. The normalized spacial score (nSPS) is 15.8. The van der Waals surface area contributed by atoms with Crippen LogP contribution in [-0.4, -0.2) is 13.2 Å². The van der Waals surface area contributed by atoms with E-state index < -0.39 is 0 Å². The fourth-order valence-electron chi connectivity index (χ4n) is 2.36. The lowest BCUT2D eigenvalue weighted by molar-refractivity contribution is 0.303. The molecule has 1 unspecified atom stereocenters. The Hall–Kier alpha value is -1.39. The van der Waals surface area contributed by atoms with Crippen molar-refractivity contribution in [1.29, 1.82) is 0 Å². The van der Waals surface area contributed by atoms with E-state index in [2.05, 4.69) is 21.2 Å². The topological polar surface area (TPSA) is 21.3 Å². The second kappa shape index (κ2) is 6.16. The quantitative estimate of drug-likeness (QED) is 0.861. The Balaban J connectivity index is 1.86. The zero-order valence-electron chi connectivity index (χ0n) is 11.8. The molecule has 1 saturated carbocycles. The maximum atomic E-state index is 13.7. The molecule has 0 aliphatic heterocycles. The van der Waals surface area contributed by atoms with Crippen LogP contribution in [-0.2, 0) is 0 Å². The average Bonchev–Trinajstić information content (AvgIpc) is 3.30. The van der Waals surface area contributed by atoms with Crippen LogP contribution in [0.15, 0.2) is 46.9 Å². The Morgan fingerprint density at radius 3 is 2.52 bits per heavy atom. The van der Waals surface area contributed by atoms with Crippen molar-refractivity contribution in [2.75, 3.05) is 7.05 Å². The summed E-state index contributed by atoms with van der Waals surface area (Å²) in [5.41, 5.74) is 1.96. The Bertz CT molecular complexity index is 625. The number of hydrogen-bond donors (Lipinski definition) is 1. The van der Waals surface area contributed by atoms with Gasteiger partial charge in [0.15, 0.2) is 0 Å². The smallest absolute Gasteiger partial charge is 0.137 e. The molecule has 0 spiro atoms. The molecule has 110 valence electrons. The van der Waals surface area contributed by atoms with Crippen LogP contribution < -0.4 is 10.1 Å². The van der Waals surface area contributed by atoms with Crippen LogP contribution in [0.5, 0.6) is 5.75 Å². The molecule has 0 aromatic heterocycles. The predicted molar refractivity (Wildman–Crippen MR) is 85.1 cm³/mol. The van der Waals surface area contributed by atoms with Gasteiger partial charge in [0.05, 0.1) is 16.6 Å². The largest absolute Gasteiger partial charge is 0.490 e. The minimum Gasteiger partial charge on any atom is -0.490 e. The lowest BCUT2D eigenvalue weighted by Crippen LogP contribution is -2.18. The fraction of sp³-hybridized carbons (Fsp3) is 0.294. The number of nitrogens with one attached hydrogen (secondary N) is 1. The molecule has 4 heteroatoms. The summed E-state index contributed by atoms with van der Waals surface area (Å²) in [6, 6.07) is 13.0. The summed E-state index contributed by atoms with van der Waals surface area (Å²) in [6.07, 6.45) is 2.70. The van der Waals surface area contributed by atoms with Crippen LogP contribution >= 0.6 is 15.9 Å². The number of hydrogen-bond acceptors (Lipinski definition) is 2. The predicted octanol–water partition coefficient (Wildman–Crippen LogP) is 4.44. The minimum absolute atomic E-state index is 0.0648. The van der Waals surface area contributed by atoms with Crippen LogP contribution in [0.1, 0.15) is 30.0 Å². The molecule has 2 nitrogen and oxygen atoms in total. The molecule has 3 rings (SSSR count). The maximum absolute atomic E-state index is 13.7. The highest BCUT2D eigenvalue weighted by molar-refractivity contribution is 9.10. The van der Waals surface area contributed by atoms with E-state index in [9.17, 15) is 4.39 Å². The summed E-state index contributed by atoms with van der Waals surface area (Å²) in [5.74, 6) is 0.649. The zero-order chi connectivity index (χ0) is 14.8. The molecule has 0 radical (unpaired) electrons. The summed E-state index contributed by atoms with van der Waals surface area (Å²) < 4.78 is 20.0. The summed E-state index contributed by atoms with van der Waals surface area (Å²) in [4.78, 5) is 0. The van der Waals surface area contributed by atoms with E-state index in [1.54, 1.807) is 6.07 Å². The zero-order valence-corrected chi connectivity index (χ0v) is 13.4. The third-order valence-electron chi connectivity index (χ3n) is 3.62. The second-order valence-electron chi connectivity index (χ2n) is 5.25. The molecule has 0 bridgehead atoms. The van der Waals surface area contributed by atoms with Crippen LogP contribution in [0.2, 0.25) is 0 Å². The van der Waals surface area contributed by atoms with Gasteiger partial charge < -0.3 is 10.1 Å². The van der Waals surface area contributed by atoms with E-state index >= 15 is 0 Å². The first-order chi connectivity index (χ1) is 10.2. The first-order valence-corrected chi connectivity index (χ1v) is 7.86. The minimum atomic E-state index is -0.249. The number of halogens is 2. The standard InChI is InChI=1S/C17H17BrFNO/c1-20-17(14-3-2-4-15(19)16(14)18)11-5-7-12(8-6-11)21-13-9-10-13/h2-8,13,17,20H,9-10H2,1H3. The van der Waals surface area contributed by atoms with Gasteiger partial charge in [-0.3, -0.25) is 0 Å². The molecular weight excluding hydrogens is 333 g/mol. The van der Waals surface area contributed by atoms with E-state index in [4.69, 9.17) is 4.74 Å². The van der Waals surface area contributed by atoms with Gasteiger partial charge >= 0.3 is 0 Å². The number of ether oxygens (including phenoxy) is 1. The lowest BCUT2D eigenvalue weighted by Gasteiger charge is -2.19. The number of rotatable bonds is 5. The highest BCUT2D eigenvalue weighted by Gasteiger charge is 2.23. The molecule has 2 aromatic carbocycles. The first-order valence-electron chi connectivity index (χ1n) is 7.07. The Morgan fingerprint density at radius 1 is 1.19 bits per heavy atom. The van der Waals surface area contributed by atoms with Crippen molar-refractivity contribution in [3.63, 3.8) is 0 Å². The van der Waals surface area contributed by atoms with Gasteiger partial charge in [-0.25, -0.2) is 4.39 Å². The van der Waals surface area contributed by atoms with E-state index in [-0.39, 0.29) is 11.9 Å². The molecule has 1 aliphatic rings. The van der Waals surface area contributed by atoms with Crippen molar-refractivity contribution in [2.24, 2.45) is 0 Å². The van der Waals surface area contributed by atoms with Crippen LogP contribution in [0, 0.1) is 5.82 Å². The molecule has 2 aromatic rings. The maximum Gasteiger partial charge on any atom is 0.137 e. The molecule has 21 heavy (non-hydrogen) atoms. The van der Waals surface area contributed by atoms with Crippen molar-refractivity contribution in [3.05, 3.63) is 63.9 Å². The summed E-state index contributed by atoms with van der Waals surface area (Å²) >= 11 is 3.33. The van der Waals surface area contributed by atoms with E-state index in [0.29, 0.717) is 10.6 Å². The van der Waals surface area contributed by atoms with E-state index in [0.717, 1.165) is 29.7 Å². The van der Waals surface area contributed by atoms with Crippen LogP contribution in [0.4, 0.5) is 4.39 Å². The van der Waals surface area contributed by atoms with Gasteiger partial charge in [0.1, 0.15) is 11.6 Å². The summed E-state index contributed by atoms with van der Waals surface area (Å²) in [7, 11) is 1.87. The van der Waals surface area contributed by atoms with Gasteiger partial charge in [0.25, 0.3) is 0 Å². The molecule has 1 N–H and O–H groups in total. The number of benzene rings is 2. The average molecular weight is 350 g/mol. The fourth-order valence-corrected chi connectivity index (χ4v) is 2.86. The first kappa shape index (κ1) is 14.5. The van der Waals surface area contributed by atoms with Gasteiger partial charge in [-0.05, 0) is 65.1 Å². The molecule has 0 amide bonds. The van der Waals surface area contributed by atoms with Gasteiger partial charge in [0, 0.05) is 0 Å². The SMILES string of the molecule is CNC(c1ccc(OC2CC2)cc1)c1cccc(F)c1Br. The Kier molecular flexibility index (Phi) is 4.27. The van der Waals surface area contributed by atoms with Gasteiger partial charge in [-0.2, -0.15) is 0 Å². The highest BCUT2D eigenvalue weighted by atomic mass is 79.9. The van der Waals surface area contributed by atoms with Crippen LogP contribution in [0.25, 0.3) is 0 Å². The molecule has 0 saturated heterocycles. The molecule has 1 fully saturated rings. The van der Waals surface area contributed by atoms with Crippen molar-refractivity contribution in [1.82, 2.24) is 5.32 Å². The summed E-state index contributed by atoms with van der Waals surface area (Å²) in [6.45, 7) is 0. The highest BCUT2D eigenvalue weighted by Crippen LogP contribution is 2.32. The lowest BCUT2D eigenvalue weighted by atomic mass is 9.98. The third kappa shape index (κ3) is 3.27. The second-order valence-corrected chi connectivity index (χ2v) is 6.04.